The van der Waals surface area contributed by atoms with E-state index in [0.717, 1.165) is 0 Å². The molecule has 2 aromatic rings. The van der Waals surface area contributed by atoms with Gasteiger partial charge in [0.2, 0.25) is 0 Å². The molecule has 1 N–H and O–H groups in total. The molecule has 0 fully saturated rings. The Kier molecular flexibility index (Phi) is 4.29. The maximum absolute atomic E-state index is 13.0. The van der Waals surface area contributed by atoms with Crippen LogP contribution < -0.4 is 5.32 Å². The van der Waals surface area contributed by atoms with E-state index in [1.165, 1.54) is 25.1 Å². The van der Waals surface area contributed by atoms with Crippen LogP contribution in [-0.4, -0.2) is 11.7 Å². The molecule has 20 heavy (non-hydrogen) atoms. The molecule has 0 aliphatic rings. The summed E-state index contributed by atoms with van der Waals surface area (Å²) in [6.07, 6.45) is 0. The van der Waals surface area contributed by atoms with Crippen molar-refractivity contribution in [3.63, 3.8) is 0 Å². The number of hydrogen-bond donors (Lipinski definition) is 1. The van der Waals surface area contributed by atoms with Crippen molar-refractivity contribution in [1.82, 2.24) is 0 Å². The molecule has 5 heteroatoms. The normalized spacial score (nSPS) is 10.2. The topological polar surface area (TPSA) is 46.2 Å². The van der Waals surface area contributed by atoms with Crippen LogP contribution in [0.2, 0.25) is 0 Å². The quantitative estimate of drug-likeness (QED) is 0.860. The lowest BCUT2D eigenvalue weighted by Crippen LogP contribution is -2.12. The largest absolute Gasteiger partial charge is 0.322 e. The molecule has 0 atom stereocenters. The number of carbonyl (C=O) groups excluding carboxylic acids is 2. The van der Waals surface area contributed by atoms with Gasteiger partial charge < -0.3 is 5.32 Å². The first-order chi connectivity index (χ1) is 9.47. The van der Waals surface area contributed by atoms with Crippen molar-refractivity contribution in [1.29, 1.82) is 0 Å². The van der Waals surface area contributed by atoms with Crippen LogP contribution in [-0.2, 0) is 0 Å². The number of carbonyl (C=O) groups is 2. The van der Waals surface area contributed by atoms with Crippen molar-refractivity contribution in [3.8, 4) is 0 Å². The standard InChI is InChI=1S/C15H11BrFNO2/c1-9(19)10-2-5-12(6-3-10)18-15(20)13-7-4-11(17)8-14(13)16/h2-8H,1H3,(H,18,20). The molecular weight excluding hydrogens is 325 g/mol. The zero-order valence-corrected chi connectivity index (χ0v) is 12.2. The second kappa shape index (κ2) is 5.96. The molecule has 0 saturated carbocycles. The van der Waals surface area contributed by atoms with Crippen LogP contribution in [0.5, 0.6) is 0 Å². The van der Waals surface area contributed by atoms with E-state index in [9.17, 15) is 14.0 Å². The molecule has 0 bridgehead atoms. The highest BCUT2D eigenvalue weighted by molar-refractivity contribution is 9.10. The third-order valence-corrected chi connectivity index (χ3v) is 3.38. The van der Waals surface area contributed by atoms with E-state index in [1.54, 1.807) is 24.3 Å². The first kappa shape index (κ1) is 14.4. The highest BCUT2D eigenvalue weighted by Gasteiger charge is 2.11. The van der Waals surface area contributed by atoms with E-state index in [4.69, 9.17) is 0 Å². The molecule has 0 heterocycles. The van der Waals surface area contributed by atoms with Crippen LogP contribution in [0.25, 0.3) is 0 Å². The van der Waals surface area contributed by atoms with E-state index in [-0.39, 0.29) is 11.7 Å². The summed E-state index contributed by atoms with van der Waals surface area (Å²) < 4.78 is 13.3. The zero-order valence-electron chi connectivity index (χ0n) is 10.6. The van der Waals surface area contributed by atoms with Gasteiger partial charge >= 0.3 is 0 Å². The summed E-state index contributed by atoms with van der Waals surface area (Å²) in [6, 6.07) is 10.4. The summed E-state index contributed by atoms with van der Waals surface area (Å²) in [4.78, 5) is 23.2. The van der Waals surface area contributed by atoms with E-state index in [1.807, 2.05) is 0 Å². The Balaban J connectivity index is 2.17. The second-order valence-electron chi connectivity index (χ2n) is 4.21. The number of hydrogen-bond acceptors (Lipinski definition) is 2. The van der Waals surface area contributed by atoms with Gasteiger partial charge in [0.05, 0.1) is 5.56 Å². The molecule has 0 aromatic heterocycles. The summed E-state index contributed by atoms with van der Waals surface area (Å²) in [5.74, 6) is -0.809. The predicted octanol–water partition coefficient (Wildman–Crippen LogP) is 4.04. The van der Waals surface area contributed by atoms with E-state index in [0.29, 0.717) is 21.3 Å². The second-order valence-corrected chi connectivity index (χ2v) is 5.07. The predicted molar refractivity (Wildman–Crippen MR) is 78.5 cm³/mol. The molecule has 2 aromatic carbocycles. The summed E-state index contributed by atoms with van der Waals surface area (Å²) in [6.45, 7) is 1.48. The molecule has 0 spiro atoms. The smallest absolute Gasteiger partial charge is 0.256 e. The van der Waals surface area contributed by atoms with Crippen molar-refractivity contribution in [2.24, 2.45) is 0 Å². The van der Waals surface area contributed by atoms with Crippen molar-refractivity contribution >= 4 is 33.3 Å². The molecule has 0 aliphatic heterocycles. The Labute approximate surface area is 123 Å². The minimum absolute atomic E-state index is 0.0378. The van der Waals surface area contributed by atoms with Crippen LogP contribution in [0.4, 0.5) is 10.1 Å². The van der Waals surface area contributed by atoms with Gasteiger partial charge in [-0.3, -0.25) is 9.59 Å². The Morgan fingerprint density at radius 3 is 2.30 bits per heavy atom. The summed E-state index contributed by atoms with van der Waals surface area (Å²) in [5.41, 5.74) is 1.48. The number of halogens is 2. The van der Waals surface area contributed by atoms with Gasteiger partial charge in [0.1, 0.15) is 5.82 Å². The van der Waals surface area contributed by atoms with Crippen LogP contribution in [0.3, 0.4) is 0 Å². The zero-order chi connectivity index (χ0) is 14.7. The van der Waals surface area contributed by atoms with Gasteiger partial charge in [0.25, 0.3) is 5.91 Å². The fraction of sp³-hybridized carbons (Fsp3) is 0.0667. The summed E-state index contributed by atoms with van der Waals surface area (Å²) >= 11 is 3.15. The molecule has 0 unspecified atom stereocenters. The monoisotopic (exact) mass is 335 g/mol. The maximum atomic E-state index is 13.0. The minimum Gasteiger partial charge on any atom is -0.322 e. The number of Topliss-reactive ketones (excluding diaryl/α,β-unsaturated/α-hetero) is 1. The number of rotatable bonds is 3. The summed E-state index contributed by atoms with van der Waals surface area (Å²) in [7, 11) is 0. The number of nitrogens with one attached hydrogen (secondary N) is 1. The van der Waals surface area contributed by atoms with Crippen molar-refractivity contribution < 1.29 is 14.0 Å². The molecule has 0 radical (unpaired) electrons. The molecule has 2 rings (SSSR count). The van der Waals surface area contributed by atoms with Crippen LogP contribution in [0.15, 0.2) is 46.9 Å². The van der Waals surface area contributed by atoms with E-state index < -0.39 is 5.82 Å². The fourth-order valence-electron chi connectivity index (χ4n) is 1.66. The Bertz CT molecular complexity index is 668. The Morgan fingerprint density at radius 1 is 1.10 bits per heavy atom. The average molecular weight is 336 g/mol. The number of benzene rings is 2. The van der Waals surface area contributed by atoms with E-state index in [2.05, 4.69) is 21.2 Å². The van der Waals surface area contributed by atoms with Gasteiger partial charge in [0.15, 0.2) is 5.78 Å². The van der Waals surface area contributed by atoms with Gasteiger partial charge in [-0.1, -0.05) is 0 Å². The summed E-state index contributed by atoms with van der Waals surface area (Å²) in [5, 5.41) is 2.68. The average Bonchev–Trinajstić information content (AvgIpc) is 2.39. The van der Waals surface area contributed by atoms with Crippen LogP contribution >= 0.6 is 15.9 Å². The third-order valence-electron chi connectivity index (χ3n) is 2.73. The van der Waals surface area contributed by atoms with Crippen LogP contribution in [0.1, 0.15) is 27.6 Å². The van der Waals surface area contributed by atoms with Crippen LogP contribution in [0, 0.1) is 5.82 Å². The van der Waals surface area contributed by atoms with Crippen molar-refractivity contribution in [2.45, 2.75) is 6.92 Å². The number of amides is 1. The van der Waals surface area contributed by atoms with Gasteiger partial charge in [-0.05, 0) is 65.3 Å². The van der Waals surface area contributed by atoms with Gasteiger partial charge in [-0.2, -0.15) is 0 Å². The molecule has 0 saturated heterocycles. The molecule has 0 aliphatic carbocycles. The maximum Gasteiger partial charge on any atom is 0.256 e. The molecular formula is C15H11BrFNO2. The molecule has 102 valence electrons. The van der Waals surface area contributed by atoms with E-state index >= 15 is 0 Å². The lowest BCUT2D eigenvalue weighted by Gasteiger charge is -2.07. The van der Waals surface area contributed by atoms with Gasteiger partial charge in [0, 0.05) is 15.7 Å². The highest BCUT2D eigenvalue weighted by Crippen LogP contribution is 2.20. The highest BCUT2D eigenvalue weighted by atomic mass is 79.9. The molecule has 3 nitrogen and oxygen atoms in total. The number of ketones is 1. The number of anilines is 1. The molecule has 1 amide bonds. The first-order valence-electron chi connectivity index (χ1n) is 5.85. The van der Waals surface area contributed by atoms with Gasteiger partial charge in [-0.15, -0.1) is 0 Å². The first-order valence-corrected chi connectivity index (χ1v) is 6.64. The lowest BCUT2D eigenvalue weighted by atomic mass is 10.1. The van der Waals surface area contributed by atoms with Crippen molar-refractivity contribution in [3.05, 3.63) is 63.9 Å². The lowest BCUT2D eigenvalue weighted by molar-refractivity contribution is 0.101. The fourth-order valence-corrected chi connectivity index (χ4v) is 2.19. The third kappa shape index (κ3) is 3.30. The minimum atomic E-state index is -0.417. The van der Waals surface area contributed by atoms with Crippen molar-refractivity contribution in [2.75, 3.05) is 5.32 Å². The Hall–Kier alpha value is -2.01. The van der Waals surface area contributed by atoms with Gasteiger partial charge in [-0.25, -0.2) is 4.39 Å². The Morgan fingerprint density at radius 2 is 1.75 bits per heavy atom. The SMILES string of the molecule is CC(=O)c1ccc(NC(=O)c2ccc(F)cc2Br)cc1.